The molecule has 5 heteroatoms. The molecule has 134 valence electrons. The van der Waals surface area contributed by atoms with Gasteiger partial charge in [-0.2, -0.15) is 0 Å². The zero-order chi connectivity index (χ0) is 19.0. The second-order valence-corrected chi connectivity index (χ2v) is 6.58. The van der Waals surface area contributed by atoms with E-state index >= 15 is 0 Å². The minimum atomic E-state index is -0.524. The number of H-pyrrole nitrogens is 1. The van der Waals surface area contributed by atoms with Gasteiger partial charge in [-0.05, 0) is 38.1 Å². The predicted octanol–water partition coefficient (Wildman–Crippen LogP) is 4.37. The maximum absolute atomic E-state index is 12.6. The first kappa shape index (κ1) is 17.0. The zero-order valence-electron chi connectivity index (χ0n) is 15.1. The first-order valence-corrected chi connectivity index (χ1v) is 8.67. The van der Waals surface area contributed by atoms with Gasteiger partial charge in [0.1, 0.15) is 0 Å². The van der Waals surface area contributed by atoms with Crippen molar-refractivity contribution >= 4 is 33.6 Å². The lowest BCUT2D eigenvalue weighted by atomic mass is 10.1. The third kappa shape index (κ3) is 3.19. The minimum Gasteiger partial charge on any atom is -0.454 e. The molecule has 0 radical (unpaired) electrons. The Bertz CT molecular complexity index is 1190. The molecule has 0 saturated carbocycles. The number of hydrogen-bond acceptors (Lipinski definition) is 4. The second-order valence-electron chi connectivity index (χ2n) is 6.58. The number of hydrogen-bond donors (Lipinski definition) is 1. The Labute approximate surface area is 156 Å². The molecule has 0 fully saturated rings. The number of ether oxygens (including phenoxy) is 1. The second kappa shape index (κ2) is 6.68. The number of carbonyl (C=O) groups is 2. The van der Waals surface area contributed by atoms with Crippen LogP contribution in [0, 0.1) is 13.8 Å². The molecule has 0 aliphatic rings. The fraction of sp³-hybridized carbons (Fsp3) is 0.136. The average molecular weight is 358 g/mol. The molecule has 1 N–H and O–H groups in total. The maximum Gasteiger partial charge on any atom is 0.339 e. The molecule has 0 spiro atoms. The molecule has 2 heterocycles. The van der Waals surface area contributed by atoms with Crippen molar-refractivity contribution in [3.63, 3.8) is 0 Å². The predicted molar refractivity (Wildman–Crippen MR) is 104 cm³/mol. The van der Waals surface area contributed by atoms with Gasteiger partial charge in [-0.1, -0.05) is 29.8 Å². The van der Waals surface area contributed by atoms with Crippen LogP contribution in [0.2, 0.25) is 0 Å². The van der Waals surface area contributed by atoms with E-state index in [9.17, 15) is 9.59 Å². The monoisotopic (exact) mass is 358 g/mol. The fourth-order valence-corrected chi connectivity index (χ4v) is 3.23. The smallest absolute Gasteiger partial charge is 0.339 e. The number of rotatable bonds is 4. The molecule has 4 aromatic rings. The quantitative estimate of drug-likeness (QED) is 0.434. The Balaban J connectivity index is 1.59. The van der Waals surface area contributed by atoms with Crippen LogP contribution in [0.4, 0.5) is 0 Å². The van der Waals surface area contributed by atoms with Crippen molar-refractivity contribution in [1.29, 1.82) is 0 Å². The van der Waals surface area contributed by atoms with E-state index in [0.29, 0.717) is 11.1 Å². The van der Waals surface area contributed by atoms with E-state index in [-0.39, 0.29) is 12.4 Å². The van der Waals surface area contributed by atoms with Gasteiger partial charge in [-0.15, -0.1) is 0 Å². The summed E-state index contributed by atoms with van der Waals surface area (Å²) in [6.45, 7) is 3.47. The van der Waals surface area contributed by atoms with Crippen molar-refractivity contribution < 1.29 is 14.3 Å². The number of aromatic amines is 1. The summed E-state index contributed by atoms with van der Waals surface area (Å²) < 4.78 is 5.34. The topological polar surface area (TPSA) is 72.0 Å². The molecule has 0 bridgehead atoms. The summed E-state index contributed by atoms with van der Waals surface area (Å²) >= 11 is 0. The van der Waals surface area contributed by atoms with Crippen LogP contribution in [-0.4, -0.2) is 28.3 Å². The number of nitrogens with zero attached hydrogens (tertiary/aromatic N) is 1. The minimum absolute atomic E-state index is 0.243. The number of ketones is 1. The first-order valence-electron chi connectivity index (χ1n) is 8.67. The SMILES string of the molecule is Cc1ccc2nc(C)cc(C(=O)OCC(=O)c3c[nH]c4ccccc34)c2c1. The summed E-state index contributed by atoms with van der Waals surface area (Å²) in [7, 11) is 0. The van der Waals surface area contributed by atoms with E-state index in [1.807, 2.05) is 56.3 Å². The number of esters is 1. The van der Waals surface area contributed by atoms with Crippen molar-refractivity contribution in [3.05, 3.63) is 77.1 Å². The number of aromatic nitrogens is 2. The number of aryl methyl sites for hydroxylation is 2. The van der Waals surface area contributed by atoms with E-state index < -0.39 is 5.97 Å². The van der Waals surface area contributed by atoms with E-state index in [1.165, 1.54) is 0 Å². The normalized spacial score (nSPS) is 11.0. The zero-order valence-corrected chi connectivity index (χ0v) is 15.1. The van der Waals surface area contributed by atoms with Crippen LogP contribution < -0.4 is 0 Å². The summed E-state index contributed by atoms with van der Waals surface area (Å²) in [5.41, 5.74) is 4.30. The summed E-state index contributed by atoms with van der Waals surface area (Å²) in [4.78, 5) is 32.7. The lowest BCUT2D eigenvalue weighted by Crippen LogP contribution is -2.14. The van der Waals surface area contributed by atoms with Crippen molar-refractivity contribution in [2.24, 2.45) is 0 Å². The number of fused-ring (bicyclic) bond motifs is 2. The maximum atomic E-state index is 12.6. The van der Waals surface area contributed by atoms with Gasteiger partial charge in [0.2, 0.25) is 5.78 Å². The number of nitrogens with one attached hydrogen (secondary N) is 1. The average Bonchev–Trinajstić information content (AvgIpc) is 3.10. The molecule has 0 aliphatic heterocycles. The van der Waals surface area contributed by atoms with Gasteiger partial charge in [-0.25, -0.2) is 4.79 Å². The Morgan fingerprint density at radius 1 is 1.00 bits per heavy atom. The van der Waals surface area contributed by atoms with E-state index in [0.717, 1.165) is 33.1 Å². The van der Waals surface area contributed by atoms with Gasteiger partial charge in [0.05, 0.1) is 11.1 Å². The summed E-state index contributed by atoms with van der Waals surface area (Å²) in [5, 5.41) is 1.55. The number of Topliss-reactive ketones (excluding diaryl/α,β-unsaturated/α-hetero) is 1. The highest BCUT2D eigenvalue weighted by molar-refractivity contribution is 6.10. The third-order valence-electron chi connectivity index (χ3n) is 4.54. The van der Waals surface area contributed by atoms with Crippen molar-refractivity contribution in [3.8, 4) is 0 Å². The molecule has 0 saturated heterocycles. The van der Waals surface area contributed by atoms with Crippen LogP contribution in [-0.2, 0) is 4.74 Å². The Morgan fingerprint density at radius 2 is 1.81 bits per heavy atom. The molecule has 2 aromatic carbocycles. The van der Waals surface area contributed by atoms with Gasteiger partial charge >= 0.3 is 5.97 Å². The van der Waals surface area contributed by atoms with Gasteiger partial charge < -0.3 is 9.72 Å². The van der Waals surface area contributed by atoms with Gasteiger partial charge in [0.25, 0.3) is 0 Å². The molecule has 27 heavy (non-hydrogen) atoms. The van der Waals surface area contributed by atoms with Crippen molar-refractivity contribution in [1.82, 2.24) is 9.97 Å². The summed E-state index contributed by atoms with van der Waals surface area (Å²) in [6, 6.07) is 14.9. The van der Waals surface area contributed by atoms with Crippen LogP contribution >= 0.6 is 0 Å². The van der Waals surface area contributed by atoms with E-state index in [4.69, 9.17) is 4.74 Å². The molecule has 0 amide bonds. The largest absolute Gasteiger partial charge is 0.454 e. The molecule has 2 aromatic heterocycles. The van der Waals surface area contributed by atoms with Crippen LogP contribution in [0.1, 0.15) is 32.0 Å². The third-order valence-corrected chi connectivity index (χ3v) is 4.54. The van der Waals surface area contributed by atoms with Gasteiger partial charge in [-0.3, -0.25) is 9.78 Å². The van der Waals surface area contributed by atoms with Crippen LogP contribution in [0.5, 0.6) is 0 Å². The van der Waals surface area contributed by atoms with Gasteiger partial charge in [0.15, 0.2) is 6.61 Å². The van der Waals surface area contributed by atoms with Crippen molar-refractivity contribution in [2.75, 3.05) is 6.61 Å². The molecule has 4 rings (SSSR count). The van der Waals surface area contributed by atoms with Gasteiger partial charge in [0, 0.05) is 33.7 Å². The highest BCUT2D eigenvalue weighted by Crippen LogP contribution is 2.22. The Kier molecular flexibility index (Phi) is 4.20. The molecule has 5 nitrogen and oxygen atoms in total. The standard InChI is InChI=1S/C22H18N2O3/c1-13-7-8-20-16(9-13)17(10-14(2)24-20)22(26)27-12-21(25)18-11-23-19-6-4-3-5-15(18)19/h3-11,23H,12H2,1-2H3. The summed E-state index contributed by atoms with van der Waals surface area (Å²) in [5.74, 6) is -0.767. The lowest BCUT2D eigenvalue weighted by Gasteiger charge is -2.09. The van der Waals surface area contributed by atoms with E-state index in [1.54, 1.807) is 12.3 Å². The van der Waals surface area contributed by atoms with Crippen LogP contribution in [0.25, 0.3) is 21.8 Å². The number of carbonyl (C=O) groups excluding carboxylic acids is 2. The summed E-state index contributed by atoms with van der Waals surface area (Å²) in [6.07, 6.45) is 1.65. The van der Waals surface area contributed by atoms with E-state index in [2.05, 4.69) is 9.97 Å². The molecule has 0 aliphatic carbocycles. The molecule has 0 unspecified atom stereocenters. The molecule has 0 atom stereocenters. The first-order chi connectivity index (χ1) is 13.0. The van der Waals surface area contributed by atoms with Crippen LogP contribution in [0.3, 0.4) is 0 Å². The number of para-hydroxylation sites is 1. The molecular weight excluding hydrogens is 340 g/mol. The Hall–Kier alpha value is -3.47. The number of benzene rings is 2. The van der Waals surface area contributed by atoms with Crippen LogP contribution in [0.15, 0.2) is 54.7 Å². The Morgan fingerprint density at radius 3 is 2.67 bits per heavy atom. The fourth-order valence-electron chi connectivity index (χ4n) is 3.23. The molecular formula is C22H18N2O3. The highest BCUT2D eigenvalue weighted by atomic mass is 16.5. The highest BCUT2D eigenvalue weighted by Gasteiger charge is 2.17. The van der Waals surface area contributed by atoms with Crippen molar-refractivity contribution in [2.45, 2.75) is 13.8 Å². The lowest BCUT2D eigenvalue weighted by molar-refractivity contribution is 0.0477. The number of pyridine rings is 1.